The van der Waals surface area contributed by atoms with Crippen LogP contribution in [0.25, 0.3) is 0 Å². The van der Waals surface area contributed by atoms with E-state index in [0.717, 1.165) is 32.1 Å². The van der Waals surface area contributed by atoms with Gasteiger partial charge < -0.3 is 15.7 Å². The fourth-order valence-corrected chi connectivity index (χ4v) is 2.40. The highest BCUT2D eigenvalue weighted by Crippen LogP contribution is 2.18. The molecule has 2 atom stereocenters. The van der Waals surface area contributed by atoms with Crippen LogP contribution in [0.15, 0.2) is 18.2 Å². The summed E-state index contributed by atoms with van der Waals surface area (Å²) in [4.78, 5) is 16.3. The predicted octanol–water partition coefficient (Wildman–Crippen LogP) is 1.55. The number of amides is 1. The first-order valence-corrected chi connectivity index (χ1v) is 6.84. The minimum Gasteiger partial charge on any atom is -0.391 e. The normalized spacial score (nSPS) is 23.5. The first kappa shape index (κ1) is 13.8. The van der Waals surface area contributed by atoms with E-state index in [2.05, 4.69) is 15.6 Å². The highest BCUT2D eigenvalue weighted by Gasteiger charge is 2.23. The standard InChI is InChI=1S/C14H21N3O2/c1-15-13-9-5-7-11(16-13)14(19)17-10-6-3-2-4-8-12(10)18/h5,7,9-10,12,18H,2-4,6,8H2,1H3,(H,15,16)(H,17,19). The zero-order valence-electron chi connectivity index (χ0n) is 11.2. The molecule has 0 spiro atoms. The lowest BCUT2D eigenvalue weighted by Crippen LogP contribution is -2.42. The summed E-state index contributed by atoms with van der Waals surface area (Å²) in [7, 11) is 1.76. The number of hydrogen-bond acceptors (Lipinski definition) is 4. The highest BCUT2D eigenvalue weighted by molar-refractivity contribution is 5.92. The Balaban J connectivity index is 2.02. The number of carbonyl (C=O) groups is 1. The molecule has 104 valence electrons. The number of nitrogens with zero attached hydrogens (tertiary/aromatic N) is 1. The molecule has 0 bridgehead atoms. The van der Waals surface area contributed by atoms with Crippen LogP contribution in [0.3, 0.4) is 0 Å². The number of rotatable bonds is 3. The molecule has 2 unspecified atom stereocenters. The Morgan fingerprint density at radius 3 is 2.89 bits per heavy atom. The van der Waals surface area contributed by atoms with E-state index in [4.69, 9.17) is 0 Å². The Bertz CT molecular complexity index is 436. The third kappa shape index (κ3) is 3.67. The van der Waals surface area contributed by atoms with Crippen LogP contribution in [-0.2, 0) is 0 Å². The molecule has 1 aliphatic carbocycles. The fraction of sp³-hybridized carbons (Fsp3) is 0.571. The number of anilines is 1. The van der Waals surface area contributed by atoms with Crippen molar-refractivity contribution in [3.8, 4) is 0 Å². The molecule has 1 aliphatic rings. The van der Waals surface area contributed by atoms with Gasteiger partial charge in [0.15, 0.2) is 0 Å². The van der Waals surface area contributed by atoms with Crippen LogP contribution >= 0.6 is 0 Å². The van der Waals surface area contributed by atoms with Gasteiger partial charge >= 0.3 is 0 Å². The van der Waals surface area contributed by atoms with Crippen LogP contribution in [0.4, 0.5) is 5.82 Å². The summed E-state index contributed by atoms with van der Waals surface area (Å²) in [5.41, 5.74) is 0.378. The number of nitrogens with one attached hydrogen (secondary N) is 2. The molecule has 1 aromatic heterocycles. The Morgan fingerprint density at radius 2 is 2.11 bits per heavy atom. The summed E-state index contributed by atoms with van der Waals surface area (Å²) < 4.78 is 0. The molecule has 1 amide bonds. The molecular formula is C14H21N3O2. The number of pyridine rings is 1. The van der Waals surface area contributed by atoms with Crippen LogP contribution in [0.2, 0.25) is 0 Å². The predicted molar refractivity (Wildman–Crippen MR) is 74.1 cm³/mol. The molecule has 0 saturated heterocycles. The van der Waals surface area contributed by atoms with Gasteiger partial charge in [-0.05, 0) is 25.0 Å². The first-order valence-electron chi connectivity index (χ1n) is 6.84. The molecular weight excluding hydrogens is 242 g/mol. The van der Waals surface area contributed by atoms with Crippen molar-refractivity contribution < 1.29 is 9.90 Å². The molecule has 2 rings (SSSR count). The van der Waals surface area contributed by atoms with Gasteiger partial charge in [0.1, 0.15) is 11.5 Å². The van der Waals surface area contributed by atoms with Gasteiger partial charge in [-0.1, -0.05) is 25.3 Å². The van der Waals surface area contributed by atoms with E-state index in [1.54, 1.807) is 25.2 Å². The van der Waals surface area contributed by atoms with Crippen LogP contribution in [0.1, 0.15) is 42.6 Å². The van der Waals surface area contributed by atoms with Crippen LogP contribution in [-0.4, -0.2) is 35.2 Å². The van der Waals surface area contributed by atoms with Crippen LogP contribution < -0.4 is 10.6 Å². The van der Waals surface area contributed by atoms with E-state index in [0.29, 0.717) is 11.5 Å². The van der Waals surface area contributed by atoms with Crippen molar-refractivity contribution in [2.45, 2.75) is 44.2 Å². The smallest absolute Gasteiger partial charge is 0.270 e. The lowest BCUT2D eigenvalue weighted by molar-refractivity contribution is 0.0814. The number of hydrogen-bond donors (Lipinski definition) is 3. The third-order valence-electron chi connectivity index (χ3n) is 3.53. The van der Waals surface area contributed by atoms with Gasteiger partial charge in [0.25, 0.3) is 5.91 Å². The SMILES string of the molecule is CNc1cccc(C(=O)NC2CCCCCC2O)n1. The van der Waals surface area contributed by atoms with E-state index >= 15 is 0 Å². The molecule has 0 aromatic carbocycles. The largest absolute Gasteiger partial charge is 0.391 e. The highest BCUT2D eigenvalue weighted by atomic mass is 16.3. The summed E-state index contributed by atoms with van der Waals surface area (Å²) in [5.74, 6) is 0.442. The van der Waals surface area contributed by atoms with Gasteiger partial charge in [0.2, 0.25) is 0 Å². The molecule has 0 radical (unpaired) electrons. The van der Waals surface area contributed by atoms with Gasteiger partial charge in [-0.25, -0.2) is 4.98 Å². The Labute approximate surface area is 113 Å². The lowest BCUT2D eigenvalue weighted by Gasteiger charge is -2.21. The molecule has 1 saturated carbocycles. The zero-order chi connectivity index (χ0) is 13.7. The summed E-state index contributed by atoms with van der Waals surface area (Å²) in [6.45, 7) is 0. The Morgan fingerprint density at radius 1 is 1.32 bits per heavy atom. The quantitative estimate of drug-likeness (QED) is 0.723. The van der Waals surface area contributed by atoms with Gasteiger partial charge in [0.05, 0.1) is 12.1 Å². The average molecular weight is 263 g/mol. The molecule has 0 aliphatic heterocycles. The van der Waals surface area contributed by atoms with Gasteiger partial charge in [0, 0.05) is 7.05 Å². The molecule has 5 heteroatoms. The van der Waals surface area contributed by atoms with Crippen molar-refractivity contribution in [3.63, 3.8) is 0 Å². The summed E-state index contributed by atoms with van der Waals surface area (Å²) in [6.07, 6.45) is 4.34. The second-order valence-corrected chi connectivity index (χ2v) is 4.94. The molecule has 1 aromatic rings. The number of aromatic nitrogens is 1. The third-order valence-corrected chi connectivity index (χ3v) is 3.53. The number of carbonyl (C=O) groups excluding carboxylic acids is 1. The number of aliphatic hydroxyl groups is 1. The maximum Gasteiger partial charge on any atom is 0.270 e. The van der Waals surface area contributed by atoms with E-state index in [9.17, 15) is 9.90 Å². The lowest BCUT2D eigenvalue weighted by atomic mass is 10.1. The van der Waals surface area contributed by atoms with Gasteiger partial charge in [-0.2, -0.15) is 0 Å². The van der Waals surface area contributed by atoms with Crippen molar-refractivity contribution in [2.24, 2.45) is 0 Å². The van der Waals surface area contributed by atoms with E-state index in [1.807, 2.05) is 0 Å². The second kappa shape index (κ2) is 6.52. The minimum absolute atomic E-state index is 0.157. The van der Waals surface area contributed by atoms with Crippen molar-refractivity contribution in [3.05, 3.63) is 23.9 Å². The second-order valence-electron chi connectivity index (χ2n) is 4.94. The van der Waals surface area contributed by atoms with Crippen molar-refractivity contribution in [1.82, 2.24) is 10.3 Å². The minimum atomic E-state index is -0.445. The fourth-order valence-electron chi connectivity index (χ4n) is 2.40. The monoisotopic (exact) mass is 263 g/mol. The molecule has 3 N–H and O–H groups in total. The molecule has 1 heterocycles. The number of aliphatic hydroxyl groups excluding tert-OH is 1. The summed E-state index contributed by atoms with van der Waals surface area (Å²) in [5, 5.41) is 15.8. The maximum atomic E-state index is 12.1. The zero-order valence-corrected chi connectivity index (χ0v) is 11.2. The van der Waals surface area contributed by atoms with Gasteiger partial charge in [-0.15, -0.1) is 0 Å². The Kier molecular flexibility index (Phi) is 4.74. The first-order chi connectivity index (χ1) is 9.20. The van der Waals surface area contributed by atoms with Crippen LogP contribution in [0.5, 0.6) is 0 Å². The van der Waals surface area contributed by atoms with Gasteiger partial charge in [-0.3, -0.25) is 4.79 Å². The van der Waals surface area contributed by atoms with E-state index < -0.39 is 6.10 Å². The average Bonchev–Trinajstić information content (AvgIpc) is 2.64. The molecule has 1 fully saturated rings. The van der Waals surface area contributed by atoms with Crippen molar-refractivity contribution in [2.75, 3.05) is 12.4 Å². The Hall–Kier alpha value is -1.62. The van der Waals surface area contributed by atoms with E-state index in [1.165, 1.54) is 0 Å². The topological polar surface area (TPSA) is 74.2 Å². The van der Waals surface area contributed by atoms with Crippen LogP contribution in [0, 0.1) is 0 Å². The summed E-state index contributed by atoms with van der Waals surface area (Å²) in [6, 6.07) is 5.11. The maximum absolute atomic E-state index is 12.1. The van der Waals surface area contributed by atoms with Crippen molar-refractivity contribution >= 4 is 11.7 Å². The molecule has 5 nitrogen and oxygen atoms in total. The summed E-state index contributed by atoms with van der Waals surface area (Å²) >= 11 is 0. The van der Waals surface area contributed by atoms with Crippen molar-refractivity contribution in [1.29, 1.82) is 0 Å². The molecule has 19 heavy (non-hydrogen) atoms. The van der Waals surface area contributed by atoms with E-state index in [-0.39, 0.29) is 11.9 Å².